The van der Waals surface area contributed by atoms with Gasteiger partial charge in [0.2, 0.25) is 0 Å². The Labute approximate surface area is 109 Å². The van der Waals surface area contributed by atoms with E-state index in [-0.39, 0.29) is 12.5 Å². The van der Waals surface area contributed by atoms with E-state index in [0.717, 1.165) is 17.9 Å². The molecule has 1 heterocycles. The first-order chi connectivity index (χ1) is 8.29. The summed E-state index contributed by atoms with van der Waals surface area (Å²) in [4.78, 5) is 12.4. The average Bonchev–Trinajstić information content (AvgIpc) is 2.81. The van der Waals surface area contributed by atoms with Crippen molar-refractivity contribution in [2.24, 2.45) is 0 Å². The molecule has 6 heteroatoms. The number of nitrogens with one attached hydrogen (secondary N) is 1. The average molecular weight is 275 g/mol. The highest BCUT2D eigenvalue weighted by molar-refractivity contribution is 7.99. The fourth-order valence-corrected chi connectivity index (χ4v) is 2.77. The Morgan fingerprint density at radius 3 is 3.12 bits per heavy atom. The van der Waals surface area contributed by atoms with Crippen LogP contribution in [0.2, 0.25) is 0 Å². The van der Waals surface area contributed by atoms with E-state index in [1.54, 1.807) is 24.9 Å². The Hall–Kier alpha value is -0.720. The molecule has 0 bridgehead atoms. The van der Waals surface area contributed by atoms with Crippen molar-refractivity contribution in [3.05, 3.63) is 16.3 Å². The van der Waals surface area contributed by atoms with Crippen LogP contribution < -0.4 is 10.1 Å². The molecule has 2 N–H and O–H groups in total. The zero-order valence-electron chi connectivity index (χ0n) is 9.77. The molecule has 0 saturated heterocycles. The third kappa shape index (κ3) is 4.97. The van der Waals surface area contributed by atoms with Gasteiger partial charge in [0.15, 0.2) is 0 Å². The van der Waals surface area contributed by atoms with E-state index in [1.807, 2.05) is 5.38 Å². The third-order valence-corrected chi connectivity index (χ3v) is 4.00. The number of aliphatic hydroxyl groups is 1. The SMILES string of the molecule is COc1ccsc1C(=O)NCCSCCCO. The van der Waals surface area contributed by atoms with Gasteiger partial charge in [-0.1, -0.05) is 0 Å². The van der Waals surface area contributed by atoms with Crippen LogP contribution in [0, 0.1) is 0 Å². The normalized spacial score (nSPS) is 10.2. The van der Waals surface area contributed by atoms with Crippen molar-refractivity contribution in [1.82, 2.24) is 5.32 Å². The molecule has 17 heavy (non-hydrogen) atoms. The van der Waals surface area contributed by atoms with E-state index in [4.69, 9.17) is 9.84 Å². The molecule has 0 unspecified atom stereocenters. The van der Waals surface area contributed by atoms with Gasteiger partial charge in [-0.25, -0.2) is 0 Å². The molecule has 0 atom stereocenters. The van der Waals surface area contributed by atoms with Crippen molar-refractivity contribution in [2.45, 2.75) is 6.42 Å². The summed E-state index contributed by atoms with van der Waals surface area (Å²) in [6.07, 6.45) is 0.803. The van der Waals surface area contributed by atoms with Gasteiger partial charge in [-0.05, 0) is 23.6 Å². The van der Waals surface area contributed by atoms with Crippen LogP contribution in [0.25, 0.3) is 0 Å². The minimum Gasteiger partial charge on any atom is -0.495 e. The topological polar surface area (TPSA) is 58.6 Å². The van der Waals surface area contributed by atoms with E-state index >= 15 is 0 Å². The fraction of sp³-hybridized carbons (Fsp3) is 0.545. The molecule has 0 aliphatic heterocycles. The van der Waals surface area contributed by atoms with Gasteiger partial charge in [0.25, 0.3) is 5.91 Å². The number of hydrogen-bond donors (Lipinski definition) is 2. The Morgan fingerprint density at radius 2 is 2.41 bits per heavy atom. The minimum absolute atomic E-state index is 0.0837. The molecule has 0 spiro atoms. The highest BCUT2D eigenvalue weighted by Crippen LogP contribution is 2.23. The second kappa shape index (κ2) is 8.38. The zero-order chi connectivity index (χ0) is 12.5. The van der Waals surface area contributed by atoms with Crippen molar-refractivity contribution in [1.29, 1.82) is 0 Å². The Bertz CT molecular complexity index is 341. The quantitative estimate of drug-likeness (QED) is 0.708. The molecular formula is C11H17NO3S2. The second-order valence-electron chi connectivity index (χ2n) is 3.26. The number of carbonyl (C=O) groups excluding carboxylic acids is 1. The Balaban J connectivity index is 2.21. The smallest absolute Gasteiger partial charge is 0.265 e. The van der Waals surface area contributed by atoms with Crippen LogP contribution in [-0.4, -0.2) is 42.8 Å². The molecule has 0 radical (unpaired) electrons. The van der Waals surface area contributed by atoms with Crippen LogP contribution in [-0.2, 0) is 0 Å². The molecule has 0 aliphatic carbocycles. The van der Waals surface area contributed by atoms with Crippen LogP contribution in [0.3, 0.4) is 0 Å². The first-order valence-electron chi connectivity index (χ1n) is 5.38. The van der Waals surface area contributed by atoms with E-state index in [1.165, 1.54) is 11.3 Å². The molecule has 1 rings (SSSR count). The van der Waals surface area contributed by atoms with Gasteiger partial charge >= 0.3 is 0 Å². The number of ether oxygens (including phenoxy) is 1. The molecular weight excluding hydrogens is 258 g/mol. The van der Waals surface area contributed by atoms with Gasteiger partial charge < -0.3 is 15.2 Å². The number of thiophene rings is 1. The van der Waals surface area contributed by atoms with E-state index < -0.39 is 0 Å². The van der Waals surface area contributed by atoms with E-state index in [9.17, 15) is 4.79 Å². The Kier molecular flexibility index (Phi) is 7.07. The summed E-state index contributed by atoms with van der Waals surface area (Å²) in [6, 6.07) is 1.79. The summed E-state index contributed by atoms with van der Waals surface area (Å²) in [5.41, 5.74) is 0. The van der Waals surface area contributed by atoms with Crippen LogP contribution in [0.5, 0.6) is 5.75 Å². The summed E-state index contributed by atoms with van der Waals surface area (Å²) in [5, 5.41) is 13.3. The second-order valence-corrected chi connectivity index (χ2v) is 5.40. The van der Waals surface area contributed by atoms with Crippen molar-refractivity contribution >= 4 is 29.0 Å². The predicted octanol–water partition coefficient (Wildman–Crippen LogP) is 1.60. The van der Waals surface area contributed by atoms with Gasteiger partial charge in [-0.2, -0.15) is 11.8 Å². The standard InChI is InChI=1S/C11H17NO3S2/c1-15-9-3-7-17-10(9)11(14)12-4-8-16-6-2-5-13/h3,7,13H,2,4-6,8H2,1H3,(H,12,14). The fourth-order valence-electron chi connectivity index (χ4n) is 1.21. The third-order valence-electron chi connectivity index (χ3n) is 2.03. The number of carbonyl (C=O) groups is 1. The number of thioether (sulfide) groups is 1. The molecule has 1 aromatic rings. The molecule has 0 fully saturated rings. The van der Waals surface area contributed by atoms with Gasteiger partial charge in [0.05, 0.1) is 7.11 Å². The number of rotatable bonds is 8. The maximum absolute atomic E-state index is 11.7. The minimum atomic E-state index is -0.0837. The van der Waals surface area contributed by atoms with Crippen LogP contribution in [0.1, 0.15) is 16.1 Å². The van der Waals surface area contributed by atoms with Gasteiger partial charge in [-0.15, -0.1) is 11.3 Å². The maximum atomic E-state index is 11.7. The van der Waals surface area contributed by atoms with Crippen molar-refractivity contribution < 1.29 is 14.6 Å². The summed E-state index contributed by atoms with van der Waals surface area (Å²) in [6.45, 7) is 0.863. The van der Waals surface area contributed by atoms with Crippen molar-refractivity contribution in [3.63, 3.8) is 0 Å². The Morgan fingerprint density at radius 1 is 1.59 bits per heavy atom. The zero-order valence-corrected chi connectivity index (χ0v) is 11.4. The molecule has 1 amide bonds. The molecule has 4 nitrogen and oxygen atoms in total. The van der Waals surface area contributed by atoms with Gasteiger partial charge in [-0.3, -0.25) is 4.79 Å². The first kappa shape index (κ1) is 14.3. The lowest BCUT2D eigenvalue weighted by Gasteiger charge is -2.05. The van der Waals surface area contributed by atoms with E-state index in [2.05, 4.69) is 5.32 Å². The summed E-state index contributed by atoms with van der Waals surface area (Å²) in [7, 11) is 1.56. The van der Waals surface area contributed by atoms with Gasteiger partial charge in [0, 0.05) is 18.9 Å². The summed E-state index contributed by atoms with van der Waals surface area (Å²) < 4.78 is 5.08. The van der Waals surface area contributed by atoms with Crippen LogP contribution >= 0.6 is 23.1 Å². The number of aliphatic hydroxyl groups excluding tert-OH is 1. The molecule has 0 saturated carbocycles. The lowest BCUT2D eigenvalue weighted by molar-refractivity contribution is 0.0957. The molecule has 1 aromatic heterocycles. The number of hydrogen-bond acceptors (Lipinski definition) is 5. The van der Waals surface area contributed by atoms with E-state index in [0.29, 0.717) is 17.2 Å². The van der Waals surface area contributed by atoms with Crippen LogP contribution in [0.15, 0.2) is 11.4 Å². The lowest BCUT2D eigenvalue weighted by Crippen LogP contribution is -2.25. The predicted molar refractivity (Wildman–Crippen MR) is 72.2 cm³/mol. The molecule has 96 valence electrons. The molecule has 0 aliphatic rings. The lowest BCUT2D eigenvalue weighted by atomic mass is 10.4. The van der Waals surface area contributed by atoms with Crippen molar-refractivity contribution in [3.8, 4) is 5.75 Å². The highest BCUT2D eigenvalue weighted by atomic mass is 32.2. The number of amides is 1. The number of methoxy groups -OCH3 is 1. The van der Waals surface area contributed by atoms with Crippen molar-refractivity contribution in [2.75, 3.05) is 31.8 Å². The van der Waals surface area contributed by atoms with Gasteiger partial charge in [0.1, 0.15) is 10.6 Å². The highest BCUT2D eigenvalue weighted by Gasteiger charge is 2.12. The van der Waals surface area contributed by atoms with Crippen LogP contribution in [0.4, 0.5) is 0 Å². The summed E-state index contributed by atoms with van der Waals surface area (Å²) >= 11 is 3.10. The largest absolute Gasteiger partial charge is 0.495 e. The summed E-state index contributed by atoms with van der Waals surface area (Å²) in [5.74, 6) is 2.33. The first-order valence-corrected chi connectivity index (χ1v) is 7.41. The molecule has 0 aromatic carbocycles. The monoisotopic (exact) mass is 275 g/mol. The maximum Gasteiger partial charge on any atom is 0.265 e.